The van der Waals surface area contributed by atoms with Gasteiger partial charge in [0.05, 0.1) is 12.5 Å². The molecule has 5 heteroatoms. The van der Waals surface area contributed by atoms with Crippen molar-refractivity contribution >= 4 is 11.7 Å². The van der Waals surface area contributed by atoms with Crippen LogP contribution in [-0.2, 0) is 21.4 Å². The number of carbonyl (C=O) groups is 2. The Bertz CT molecular complexity index is 896. The number of carbonyl (C=O) groups excluding carboxylic acids is 2. The maximum atomic E-state index is 13.3. The lowest BCUT2D eigenvalue weighted by atomic mass is 9.51. The fourth-order valence-electron chi connectivity index (χ4n) is 7.17. The summed E-state index contributed by atoms with van der Waals surface area (Å²) in [5.74, 6) is 2.35. The number of piperidine rings is 1. The maximum Gasteiger partial charge on any atom is 0.222 e. The van der Waals surface area contributed by atoms with Crippen LogP contribution < -0.4 is 9.47 Å². The maximum absolute atomic E-state index is 13.3. The molecule has 5 rings (SSSR count). The molecule has 32 heavy (non-hydrogen) atoms. The molecule has 1 spiro atoms. The number of rotatable bonds is 9. The molecular weight excluding hydrogens is 402 g/mol. The molecule has 4 atom stereocenters. The number of amides is 1. The Balaban J connectivity index is 1.34. The minimum Gasteiger partial charge on any atom is -0.493 e. The normalized spacial score (nSPS) is 29.5. The number of likely N-dealkylation sites (tertiary alicyclic amines) is 1. The van der Waals surface area contributed by atoms with Crippen LogP contribution in [0.5, 0.6) is 11.5 Å². The second-order valence-electron chi connectivity index (χ2n) is 10.3. The molecule has 1 aromatic rings. The Kier molecular flexibility index (Phi) is 5.94. The molecule has 2 aliphatic carbocycles. The molecule has 174 valence electrons. The van der Waals surface area contributed by atoms with E-state index in [0.29, 0.717) is 24.7 Å². The molecule has 0 unspecified atom stereocenters. The minimum absolute atomic E-state index is 0.187. The van der Waals surface area contributed by atoms with Crippen LogP contribution in [0.4, 0.5) is 0 Å². The van der Waals surface area contributed by atoms with Gasteiger partial charge in [0.2, 0.25) is 5.91 Å². The summed E-state index contributed by atoms with van der Waals surface area (Å²) in [6, 6.07) is 4.29. The lowest BCUT2D eigenvalue weighted by Crippen LogP contribution is -2.66. The number of ether oxygens (including phenoxy) is 2. The van der Waals surface area contributed by atoms with Gasteiger partial charge < -0.3 is 14.4 Å². The van der Waals surface area contributed by atoms with E-state index in [1.807, 2.05) is 6.07 Å². The van der Waals surface area contributed by atoms with E-state index < -0.39 is 6.10 Å². The van der Waals surface area contributed by atoms with Gasteiger partial charge in [-0.05, 0) is 43.2 Å². The van der Waals surface area contributed by atoms with E-state index in [4.69, 9.17) is 9.47 Å². The third-order valence-electron chi connectivity index (χ3n) is 8.63. The molecule has 0 N–H and O–H groups in total. The number of unbranched alkanes of at least 4 members (excludes halogenated alkanes) is 6. The number of benzene rings is 1. The van der Waals surface area contributed by atoms with Crippen molar-refractivity contribution in [2.75, 3.05) is 13.7 Å². The fraction of sp³-hybridized carbons (Fsp3) is 0.704. The van der Waals surface area contributed by atoms with Gasteiger partial charge in [-0.15, -0.1) is 0 Å². The summed E-state index contributed by atoms with van der Waals surface area (Å²) in [7, 11) is 1.66. The van der Waals surface area contributed by atoms with E-state index in [0.717, 1.165) is 50.1 Å². The molecule has 5 nitrogen and oxygen atoms in total. The summed E-state index contributed by atoms with van der Waals surface area (Å²) in [6.45, 7) is 2.98. The molecule has 1 amide bonds. The van der Waals surface area contributed by atoms with E-state index in [1.165, 1.54) is 43.2 Å². The number of nitrogens with zero attached hydrogens (tertiary/aromatic N) is 1. The van der Waals surface area contributed by atoms with Crippen LogP contribution in [0.15, 0.2) is 12.1 Å². The van der Waals surface area contributed by atoms with Crippen molar-refractivity contribution in [1.82, 2.24) is 4.90 Å². The van der Waals surface area contributed by atoms with Crippen molar-refractivity contribution in [2.24, 2.45) is 5.92 Å². The molecule has 1 saturated heterocycles. The van der Waals surface area contributed by atoms with Crippen LogP contribution in [0, 0.1) is 5.92 Å². The highest BCUT2D eigenvalue weighted by Gasteiger charge is 2.66. The lowest BCUT2D eigenvalue weighted by molar-refractivity contribution is -0.148. The van der Waals surface area contributed by atoms with Gasteiger partial charge in [0, 0.05) is 31.0 Å². The van der Waals surface area contributed by atoms with Crippen molar-refractivity contribution < 1.29 is 19.1 Å². The standard InChI is InChI=1S/C27H37NO4/c1-3-4-5-6-7-8-9-10-23(30)28-16-15-27-19-12-13-21(29)26(27)32-25-22(31-2)14-11-18(24(25)27)17-20(19)28/h11,14,19-20,26H,3-10,12-13,15-17H2,1-2H3/t19-,20+,26-,27-/m0/s1. The molecular formula is C27H37NO4. The smallest absolute Gasteiger partial charge is 0.222 e. The van der Waals surface area contributed by atoms with Gasteiger partial charge in [0.25, 0.3) is 0 Å². The van der Waals surface area contributed by atoms with E-state index in [9.17, 15) is 9.59 Å². The zero-order valence-electron chi connectivity index (χ0n) is 19.7. The number of methoxy groups -OCH3 is 1. The average molecular weight is 440 g/mol. The molecule has 4 aliphatic rings. The van der Waals surface area contributed by atoms with Crippen LogP contribution in [0.2, 0.25) is 0 Å². The van der Waals surface area contributed by atoms with Crippen molar-refractivity contribution in [2.45, 2.75) is 102 Å². The second kappa shape index (κ2) is 8.72. The molecule has 1 aromatic carbocycles. The quantitative estimate of drug-likeness (QED) is 0.510. The van der Waals surface area contributed by atoms with Crippen molar-refractivity contribution in [1.29, 1.82) is 0 Å². The largest absolute Gasteiger partial charge is 0.493 e. The molecule has 2 bridgehead atoms. The summed E-state index contributed by atoms with van der Waals surface area (Å²) in [5.41, 5.74) is 2.19. The number of Topliss-reactive ketones (excluding diaryl/α,β-unsaturated/α-hetero) is 1. The molecule has 0 aromatic heterocycles. The predicted octanol–water partition coefficient (Wildman–Crippen LogP) is 4.97. The Morgan fingerprint density at radius 3 is 2.75 bits per heavy atom. The van der Waals surface area contributed by atoms with Crippen molar-refractivity contribution in [3.8, 4) is 11.5 Å². The highest BCUT2D eigenvalue weighted by Crippen LogP contribution is 2.63. The number of hydrogen-bond acceptors (Lipinski definition) is 4. The molecule has 0 radical (unpaired) electrons. The average Bonchev–Trinajstić information content (AvgIpc) is 3.14. The molecule has 2 fully saturated rings. The van der Waals surface area contributed by atoms with Crippen LogP contribution in [0.1, 0.15) is 88.7 Å². The number of ketones is 1. The Hall–Kier alpha value is -2.04. The Morgan fingerprint density at radius 2 is 1.97 bits per heavy atom. The highest BCUT2D eigenvalue weighted by molar-refractivity contribution is 5.89. The summed E-state index contributed by atoms with van der Waals surface area (Å²) in [5, 5.41) is 0. The molecule has 1 saturated carbocycles. The topological polar surface area (TPSA) is 55.8 Å². The Labute approximate surface area is 191 Å². The first-order valence-corrected chi connectivity index (χ1v) is 12.8. The monoisotopic (exact) mass is 439 g/mol. The first-order valence-electron chi connectivity index (χ1n) is 12.8. The first kappa shape index (κ1) is 21.8. The van der Waals surface area contributed by atoms with Gasteiger partial charge >= 0.3 is 0 Å². The summed E-state index contributed by atoms with van der Waals surface area (Å²) in [4.78, 5) is 28.4. The van der Waals surface area contributed by atoms with Crippen molar-refractivity contribution in [3.63, 3.8) is 0 Å². The summed E-state index contributed by atoms with van der Waals surface area (Å²) in [6.07, 6.45) is 11.9. The van der Waals surface area contributed by atoms with E-state index in [2.05, 4.69) is 17.9 Å². The zero-order valence-corrected chi connectivity index (χ0v) is 19.7. The molecule has 2 aliphatic heterocycles. The molecule has 2 heterocycles. The van der Waals surface area contributed by atoms with Gasteiger partial charge in [-0.1, -0.05) is 51.5 Å². The second-order valence-corrected chi connectivity index (χ2v) is 10.3. The van der Waals surface area contributed by atoms with Crippen LogP contribution in [0.25, 0.3) is 0 Å². The van der Waals surface area contributed by atoms with Crippen LogP contribution in [0.3, 0.4) is 0 Å². The van der Waals surface area contributed by atoms with E-state index in [1.54, 1.807) is 7.11 Å². The van der Waals surface area contributed by atoms with E-state index >= 15 is 0 Å². The van der Waals surface area contributed by atoms with Crippen molar-refractivity contribution in [3.05, 3.63) is 23.3 Å². The van der Waals surface area contributed by atoms with Crippen LogP contribution >= 0.6 is 0 Å². The predicted molar refractivity (Wildman–Crippen MR) is 123 cm³/mol. The van der Waals surface area contributed by atoms with Gasteiger partial charge in [0.15, 0.2) is 23.4 Å². The third kappa shape index (κ3) is 3.26. The highest BCUT2D eigenvalue weighted by atomic mass is 16.5. The van der Waals surface area contributed by atoms with Gasteiger partial charge in [0.1, 0.15) is 0 Å². The summed E-state index contributed by atoms with van der Waals surface area (Å²) >= 11 is 0. The lowest BCUT2D eigenvalue weighted by Gasteiger charge is -2.57. The minimum atomic E-state index is -0.408. The van der Waals surface area contributed by atoms with Crippen LogP contribution in [-0.4, -0.2) is 42.4 Å². The van der Waals surface area contributed by atoms with Gasteiger partial charge in [-0.2, -0.15) is 0 Å². The SMILES string of the molecule is CCCCCCCCCC(=O)N1CC[C@]23c4c5ccc(OC)c4O[C@H]2C(=O)CC[C@H]3[C@H]1C5. The third-order valence-corrected chi connectivity index (χ3v) is 8.63. The first-order chi connectivity index (χ1) is 15.6. The van der Waals surface area contributed by atoms with Gasteiger partial charge in [-0.3, -0.25) is 9.59 Å². The van der Waals surface area contributed by atoms with E-state index in [-0.39, 0.29) is 17.2 Å². The zero-order chi connectivity index (χ0) is 22.3. The Morgan fingerprint density at radius 1 is 1.19 bits per heavy atom. The van der Waals surface area contributed by atoms with Gasteiger partial charge in [-0.25, -0.2) is 0 Å². The number of hydrogen-bond donors (Lipinski definition) is 0. The summed E-state index contributed by atoms with van der Waals surface area (Å²) < 4.78 is 11.9. The fourth-order valence-corrected chi connectivity index (χ4v) is 7.17.